The van der Waals surface area contributed by atoms with Crippen molar-refractivity contribution in [1.29, 1.82) is 0 Å². The molecule has 6 heteroatoms. The molecule has 0 aliphatic heterocycles. The van der Waals surface area contributed by atoms with E-state index < -0.39 is 0 Å². The third-order valence-corrected chi connectivity index (χ3v) is 3.26. The highest BCUT2D eigenvalue weighted by molar-refractivity contribution is 5.81. The molecule has 0 spiro atoms. The normalized spacial score (nSPS) is 11.3. The van der Waals surface area contributed by atoms with Crippen LogP contribution < -0.4 is 5.32 Å². The van der Waals surface area contributed by atoms with Crippen LogP contribution >= 0.6 is 0 Å². The monoisotopic (exact) mass is 270 g/mol. The van der Waals surface area contributed by atoms with Gasteiger partial charge in [-0.05, 0) is 13.0 Å². The van der Waals surface area contributed by atoms with Crippen LogP contribution in [-0.4, -0.2) is 24.5 Å². The Morgan fingerprint density at radius 1 is 1.15 bits per heavy atom. The molecule has 3 rings (SSSR count). The first kappa shape index (κ1) is 12.8. The predicted octanol–water partition coefficient (Wildman–Crippen LogP) is 1.47. The molecule has 1 N–H and O–H groups in total. The van der Waals surface area contributed by atoms with Crippen molar-refractivity contribution >= 4 is 10.9 Å². The van der Waals surface area contributed by atoms with E-state index in [1.807, 2.05) is 23.9 Å². The molecule has 0 radical (unpaired) electrons. The van der Waals surface area contributed by atoms with Crippen LogP contribution in [-0.2, 0) is 26.7 Å². The summed E-state index contributed by atoms with van der Waals surface area (Å²) in [5.41, 5.74) is 2.25. The lowest BCUT2D eigenvalue weighted by atomic mass is 10.2. The zero-order chi connectivity index (χ0) is 13.9. The van der Waals surface area contributed by atoms with Crippen molar-refractivity contribution in [2.45, 2.75) is 26.6 Å². The average molecular weight is 270 g/mol. The highest BCUT2D eigenvalue weighted by Crippen LogP contribution is 2.18. The molecule has 3 aromatic rings. The average Bonchev–Trinajstić information content (AvgIpc) is 3.03. The molecule has 104 valence electrons. The lowest BCUT2D eigenvalue weighted by Gasteiger charge is -1.99. The van der Waals surface area contributed by atoms with Crippen LogP contribution in [0.3, 0.4) is 0 Å². The zero-order valence-electron chi connectivity index (χ0n) is 11.7. The Morgan fingerprint density at radius 2 is 2.00 bits per heavy atom. The number of aryl methyl sites for hydroxylation is 2. The van der Waals surface area contributed by atoms with Crippen molar-refractivity contribution in [2.75, 3.05) is 0 Å². The van der Waals surface area contributed by atoms with Gasteiger partial charge in [0.1, 0.15) is 6.33 Å². The van der Waals surface area contributed by atoms with E-state index in [4.69, 9.17) is 0 Å². The maximum Gasteiger partial charge on any atom is 0.164 e. The summed E-state index contributed by atoms with van der Waals surface area (Å²) in [5, 5.41) is 13.4. The van der Waals surface area contributed by atoms with E-state index in [2.05, 4.69) is 39.6 Å². The van der Waals surface area contributed by atoms with E-state index in [-0.39, 0.29) is 0 Å². The Morgan fingerprint density at radius 3 is 2.75 bits per heavy atom. The number of hydrogen-bond donors (Lipinski definition) is 1. The van der Waals surface area contributed by atoms with Gasteiger partial charge in [0.05, 0.1) is 17.8 Å². The number of nitrogens with zero attached hydrogens (tertiary/aromatic N) is 5. The molecule has 0 amide bonds. The van der Waals surface area contributed by atoms with Crippen LogP contribution in [0.25, 0.3) is 10.9 Å². The van der Waals surface area contributed by atoms with Crippen molar-refractivity contribution < 1.29 is 0 Å². The Hall–Kier alpha value is -2.21. The van der Waals surface area contributed by atoms with Crippen LogP contribution in [0.1, 0.15) is 18.4 Å². The molecule has 2 aromatic heterocycles. The van der Waals surface area contributed by atoms with Gasteiger partial charge in [-0.15, -0.1) is 0 Å². The molecule has 20 heavy (non-hydrogen) atoms. The Kier molecular flexibility index (Phi) is 3.47. The number of hydrogen-bond acceptors (Lipinski definition) is 4. The summed E-state index contributed by atoms with van der Waals surface area (Å²) in [5.74, 6) is 0.798. The topological polar surface area (TPSA) is 60.6 Å². The van der Waals surface area contributed by atoms with Gasteiger partial charge < -0.3 is 5.32 Å². The first-order valence-corrected chi connectivity index (χ1v) is 6.77. The van der Waals surface area contributed by atoms with E-state index in [1.54, 1.807) is 11.0 Å². The minimum Gasteiger partial charge on any atom is -0.304 e. The quantitative estimate of drug-likeness (QED) is 0.763. The van der Waals surface area contributed by atoms with Crippen molar-refractivity contribution in [3.8, 4) is 0 Å². The van der Waals surface area contributed by atoms with Gasteiger partial charge in [-0.3, -0.25) is 9.36 Å². The summed E-state index contributed by atoms with van der Waals surface area (Å²) >= 11 is 0. The summed E-state index contributed by atoms with van der Waals surface area (Å²) in [6.45, 7) is 4.34. The van der Waals surface area contributed by atoms with Crippen molar-refractivity contribution in [3.05, 3.63) is 42.1 Å². The fourth-order valence-electron chi connectivity index (χ4n) is 2.33. The third-order valence-electron chi connectivity index (χ3n) is 3.26. The second-order valence-corrected chi connectivity index (χ2v) is 4.72. The molecule has 6 nitrogen and oxygen atoms in total. The number of fused-ring (bicyclic) bond motifs is 1. The van der Waals surface area contributed by atoms with E-state index in [9.17, 15) is 0 Å². The highest BCUT2D eigenvalue weighted by atomic mass is 15.3. The molecule has 0 saturated heterocycles. The van der Waals surface area contributed by atoms with Gasteiger partial charge in [-0.2, -0.15) is 10.2 Å². The molecule has 0 bridgehead atoms. The van der Waals surface area contributed by atoms with Gasteiger partial charge in [0.25, 0.3) is 0 Å². The van der Waals surface area contributed by atoms with Crippen molar-refractivity contribution in [2.24, 2.45) is 7.05 Å². The number of nitrogens with one attached hydrogen (secondary N) is 1. The molecule has 0 aliphatic rings. The second-order valence-electron chi connectivity index (χ2n) is 4.72. The summed E-state index contributed by atoms with van der Waals surface area (Å²) in [6, 6.07) is 8.32. The maximum absolute atomic E-state index is 4.65. The largest absolute Gasteiger partial charge is 0.304 e. The number of benzene rings is 1. The fraction of sp³-hybridized carbons (Fsp3) is 0.357. The first-order valence-electron chi connectivity index (χ1n) is 6.77. The van der Waals surface area contributed by atoms with E-state index in [0.29, 0.717) is 13.1 Å². The Bertz CT molecular complexity index is 711. The van der Waals surface area contributed by atoms with Gasteiger partial charge in [0.15, 0.2) is 5.82 Å². The zero-order valence-corrected chi connectivity index (χ0v) is 11.7. The molecule has 0 unspecified atom stereocenters. The molecular weight excluding hydrogens is 252 g/mol. The standard InChI is InChI=1S/C14H18N6/c1-3-20-13-7-5-4-6-11(13)12(17-20)8-15-9-14-16-10-19(2)18-14/h4-7,10,15H,3,8-9H2,1-2H3. The van der Waals surface area contributed by atoms with Crippen LogP contribution in [0.5, 0.6) is 0 Å². The number of para-hydroxylation sites is 1. The molecular formula is C14H18N6. The molecule has 0 fully saturated rings. The predicted molar refractivity (Wildman–Crippen MR) is 77.0 cm³/mol. The summed E-state index contributed by atoms with van der Waals surface area (Å²) < 4.78 is 3.74. The maximum atomic E-state index is 4.65. The molecule has 0 aliphatic carbocycles. The van der Waals surface area contributed by atoms with Crippen LogP contribution in [0, 0.1) is 0 Å². The van der Waals surface area contributed by atoms with Crippen LogP contribution in [0.4, 0.5) is 0 Å². The van der Waals surface area contributed by atoms with E-state index in [1.165, 1.54) is 10.9 Å². The lowest BCUT2D eigenvalue weighted by molar-refractivity contribution is 0.615. The van der Waals surface area contributed by atoms with Crippen molar-refractivity contribution in [3.63, 3.8) is 0 Å². The molecule has 2 heterocycles. The van der Waals surface area contributed by atoms with Gasteiger partial charge in [-0.1, -0.05) is 18.2 Å². The third kappa shape index (κ3) is 2.42. The minimum absolute atomic E-state index is 0.647. The number of rotatable bonds is 5. The SMILES string of the molecule is CCn1nc(CNCc2ncn(C)n2)c2ccccc21. The second kappa shape index (κ2) is 5.42. The summed E-state index contributed by atoms with van der Waals surface area (Å²) in [7, 11) is 1.87. The van der Waals surface area contributed by atoms with Gasteiger partial charge in [-0.25, -0.2) is 4.98 Å². The first-order chi connectivity index (χ1) is 9.78. The highest BCUT2D eigenvalue weighted by Gasteiger charge is 2.08. The van der Waals surface area contributed by atoms with Gasteiger partial charge >= 0.3 is 0 Å². The van der Waals surface area contributed by atoms with E-state index in [0.717, 1.165) is 18.1 Å². The fourth-order valence-corrected chi connectivity index (χ4v) is 2.33. The minimum atomic E-state index is 0.647. The smallest absolute Gasteiger partial charge is 0.164 e. The molecule has 0 atom stereocenters. The van der Waals surface area contributed by atoms with Gasteiger partial charge in [0, 0.05) is 25.5 Å². The van der Waals surface area contributed by atoms with E-state index >= 15 is 0 Å². The Labute approximate surface area is 117 Å². The van der Waals surface area contributed by atoms with Crippen molar-refractivity contribution in [1.82, 2.24) is 29.9 Å². The summed E-state index contributed by atoms with van der Waals surface area (Å²) in [6.07, 6.45) is 1.71. The molecule has 1 aromatic carbocycles. The van der Waals surface area contributed by atoms with Crippen LogP contribution in [0.15, 0.2) is 30.6 Å². The molecule has 0 saturated carbocycles. The lowest BCUT2D eigenvalue weighted by Crippen LogP contribution is -2.15. The summed E-state index contributed by atoms with van der Waals surface area (Å²) in [4.78, 5) is 4.19. The van der Waals surface area contributed by atoms with Crippen LogP contribution in [0.2, 0.25) is 0 Å². The Balaban J connectivity index is 1.74. The van der Waals surface area contributed by atoms with Gasteiger partial charge in [0.2, 0.25) is 0 Å². The number of aromatic nitrogens is 5.